The summed E-state index contributed by atoms with van der Waals surface area (Å²) in [5.41, 5.74) is 7.86. The van der Waals surface area contributed by atoms with Crippen LogP contribution in [0.1, 0.15) is 0 Å². The van der Waals surface area contributed by atoms with Crippen LogP contribution < -0.4 is 0 Å². The first-order valence-corrected chi connectivity index (χ1v) is 3.18. The van der Waals surface area contributed by atoms with Crippen LogP contribution in [0.4, 0.5) is 0 Å². The van der Waals surface area contributed by atoms with Crippen molar-refractivity contribution in [3.8, 4) is 0 Å². The topological polar surface area (TPSA) is 95.3 Å². The van der Waals surface area contributed by atoms with Gasteiger partial charge in [0.2, 0.25) is 0 Å². The minimum Gasteiger partial charge on any atom is -0.460 e. The Balaban J connectivity index is 3.55. The van der Waals surface area contributed by atoms with Gasteiger partial charge in [-0.25, -0.2) is 4.79 Å². The van der Waals surface area contributed by atoms with Crippen LogP contribution in [-0.2, 0) is 9.53 Å². The van der Waals surface area contributed by atoms with E-state index >= 15 is 0 Å². The van der Waals surface area contributed by atoms with Crippen LogP contribution >= 0.6 is 0 Å². The SMILES string of the molecule is C=CC(=O)OCC(O)CN=[N+]=[N-]. The van der Waals surface area contributed by atoms with Crippen LogP contribution in [0.2, 0.25) is 0 Å². The lowest BCUT2D eigenvalue weighted by Gasteiger charge is -2.05. The van der Waals surface area contributed by atoms with E-state index in [1.807, 2.05) is 0 Å². The molecule has 66 valence electrons. The van der Waals surface area contributed by atoms with E-state index in [9.17, 15) is 4.79 Å². The van der Waals surface area contributed by atoms with E-state index in [0.717, 1.165) is 6.08 Å². The lowest BCUT2D eigenvalue weighted by atomic mass is 10.4. The zero-order valence-corrected chi connectivity index (χ0v) is 6.38. The summed E-state index contributed by atoms with van der Waals surface area (Å²) in [7, 11) is 0. The number of esters is 1. The molecule has 0 spiro atoms. The molecule has 0 amide bonds. The van der Waals surface area contributed by atoms with Gasteiger partial charge in [-0.2, -0.15) is 0 Å². The van der Waals surface area contributed by atoms with Crippen molar-refractivity contribution in [2.45, 2.75) is 6.10 Å². The Bertz CT molecular complexity index is 210. The predicted octanol–water partition coefficient (Wildman–Crippen LogP) is 0.387. The standard InChI is InChI=1S/C6H9N3O3/c1-2-6(11)12-4-5(10)3-8-9-7/h2,5,10H,1,3-4H2. The van der Waals surface area contributed by atoms with Crippen LogP contribution in [-0.4, -0.2) is 30.3 Å². The van der Waals surface area contributed by atoms with E-state index in [2.05, 4.69) is 21.3 Å². The second kappa shape index (κ2) is 6.21. The number of hydrogen-bond acceptors (Lipinski definition) is 4. The summed E-state index contributed by atoms with van der Waals surface area (Å²) in [6, 6.07) is 0. The Morgan fingerprint density at radius 2 is 2.58 bits per heavy atom. The third kappa shape index (κ3) is 5.28. The molecule has 0 aromatic carbocycles. The Labute approximate surface area is 69.1 Å². The minimum atomic E-state index is -0.954. The maximum Gasteiger partial charge on any atom is 0.330 e. The Morgan fingerprint density at radius 1 is 1.92 bits per heavy atom. The van der Waals surface area contributed by atoms with Crippen molar-refractivity contribution in [2.24, 2.45) is 5.11 Å². The molecule has 0 radical (unpaired) electrons. The van der Waals surface area contributed by atoms with Gasteiger partial charge in [0.05, 0.1) is 12.6 Å². The highest BCUT2D eigenvalue weighted by molar-refractivity contribution is 5.81. The van der Waals surface area contributed by atoms with Gasteiger partial charge in [0.15, 0.2) is 0 Å². The van der Waals surface area contributed by atoms with Crippen molar-refractivity contribution in [3.05, 3.63) is 23.1 Å². The highest BCUT2D eigenvalue weighted by atomic mass is 16.5. The molecule has 0 rings (SSSR count). The van der Waals surface area contributed by atoms with Crippen LogP contribution in [0.25, 0.3) is 10.4 Å². The van der Waals surface area contributed by atoms with Crippen molar-refractivity contribution in [3.63, 3.8) is 0 Å². The molecule has 0 aromatic heterocycles. The van der Waals surface area contributed by atoms with E-state index in [0.29, 0.717) is 0 Å². The van der Waals surface area contributed by atoms with E-state index < -0.39 is 12.1 Å². The second-order valence-corrected chi connectivity index (χ2v) is 1.90. The fourth-order valence-corrected chi connectivity index (χ4v) is 0.421. The van der Waals surface area contributed by atoms with Gasteiger partial charge >= 0.3 is 5.97 Å². The number of rotatable bonds is 5. The third-order valence-electron chi connectivity index (χ3n) is 0.940. The van der Waals surface area contributed by atoms with Crippen molar-refractivity contribution in [1.82, 2.24) is 0 Å². The smallest absolute Gasteiger partial charge is 0.330 e. The average Bonchev–Trinajstić information content (AvgIpc) is 2.10. The Kier molecular flexibility index (Phi) is 5.42. The van der Waals surface area contributed by atoms with E-state index in [-0.39, 0.29) is 13.2 Å². The molecule has 0 fully saturated rings. The molecule has 1 unspecified atom stereocenters. The molecular weight excluding hydrogens is 162 g/mol. The second-order valence-electron chi connectivity index (χ2n) is 1.90. The zero-order chi connectivity index (χ0) is 9.40. The minimum absolute atomic E-state index is 0.110. The molecule has 0 aromatic rings. The van der Waals surface area contributed by atoms with Gasteiger partial charge in [-0.1, -0.05) is 11.7 Å². The van der Waals surface area contributed by atoms with E-state index in [4.69, 9.17) is 10.6 Å². The molecular formula is C6H9N3O3. The molecule has 0 heterocycles. The largest absolute Gasteiger partial charge is 0.460 e. The number of nitrogens with zero attached hydrogens (tertiary/aromatic N) is 3. The van der Waals surface area contributed by atoms with Gasteiger partial charge in [0.25, 0.3) is 0 Å². The summed E-state index contributed by atoms with van der Waals surface area (Å²) in [6.07, 6.45) is 0.0325. The molecule has 6 nitrogen and oxygen atoms in total. The number of aliphatic hydroxyl groups excluding tert-OH is 1. The quantitative estimate of drug-likeness (QED) is 0.213. The van der Waals surface area contributed by atoms with E-state index in [1.54, 1.807) is 0 Å². The highest BCUT2D eigenvalue weighted by Gasteiger charge is 2.04. The molecule has 6 heteroatoms. The molecule has 0 saturated carbocycles. The summed E-state index contributed by atoms with van der Waals surface area (Å²) >= 11 is 0. The molecule has 0 aliphatic carbocycles. The molecule has 0 aliphatic heterocycles. The van der Waals surface area contributed by atoms with Crippen molar-refractivity contribution < 1.29 is 14.6 Å². The normalized spacial score (nSPS) is 11.1. The average molecular weight is 171 g/mol. The summed E-state index contributed by atoms with van der Waals surface area (Å²) in [4.78, 5) is 12.9. The first-order valence-electron chi connectivity index (χ1n) is 3.18. The first kappa shape index (κ1) is 10.5. The molecule has 0 aliphatic rings. The summed E-state index contributed by atoms with van der Waals surface area (Å²) < 4.78 is 4.46. The molecule has 1 atom stereocenters. The lowest BCUT2D eigenvalue weighted by molar-refractivity contribution is -0.140. The fraction of sp³-hybridized carbons (Fsp3) is 0.500. The number of ether oxygens (including phenoxy) is 1. The summed E-state index contributed by atoms with van der Waals surface area (Å²) in [5, 5.41) is 12.0. The number of carbonyl (C=O) groups excluding carboxylic acids is 1. The molecule has 0 bridgehead atoms. The van der Waals surface area contributed by atoms with Crippen molar-refractivity contribution in [2.75, 3.05) is 13.2 Å². The third-order valence-corrected chi connectivity index (χ3v) is 0.940. The summed E-state index contributed by atoms with van der Waals surface area (Å²) in [5.74, 6) is -0.616. The predicted molar refractivity (Wildman–Crippen MR) is 41.2 cm³/mol. The zero-order valence-electron chi connectivity index (χ0n) is 6.38. The van der Waals surface area contributed by atoms with Gasteiger partial charge < -0.3 is 9.84 Å². The monoisotopic (exact) mass is 171 g/mol. The van der Waals surface area contributed by atoms with E-state index in [1.165, 1.54) is 0 Å². The van der Waals surface area contributed by atoms with Crippen LogP contribution in [0.15, 0.2) is 17.8 Å². The maximum atomic E-state index is 10.4. The van der Waals surface area contributed by atoms with Gasteiger partial charge in [-0.05, 0) is 5.53 Å². The van der Waals surface area contributed by atoms with Gasteiger partial charge in [-0.3, -0.25) is 0 Å². The first-order chi connectivity index (χ1) is 5.70. The van der Waals surface area contributed by atoms with Crippen LogP contribution in [0.3, 0.4) is 0 Å². The molecule has 1 N–H and O–H groups in total. The van der Waals surface area contributed by atoms with Gasteiger partial charge in [0, 0.05) is 11.0 Å². The van der Waals surface area contributed by atoms with Crippen molar-refractivity contribution in [1.29, 1.82) is 0 Å². The number of aliphatic hydroxyl groups is 1. The molecule has 0 saturated heterocycles. The summed E-state index contributed by atoms with van der Waals surface area (Å²) in [6.45, 7) is 2.86. The van der Waals surface area contributed by atoms with Gasteiger partial charge in [0.1, 0.15) is 6.61 Å². The van der Waals surface area contributed by atoms with Crippen LogP contribution in [0, 0.1) is 0 Å². The Hall–Kier alpha value is -1.52. The number of azide groups is 1. The lowest BCUT2D eigenvalue weighted by Crippen LogP contribution is -2.20. The maximum absolute atomic E-state index is 10.4. The van der Waals surface area contributed by atoms with Crippen LogP contribution in [0.5, 0.6) is 0 Å². The van der Waals surface area contributed by atoms with Gasteiger partial charge in [-0.15, -0.1) is 0 Å². The number of carbonyl (C=O) groups is 1. The Morgan fingerprint density at radius 3 is 3.08 bits per heavy atom. The highest BCUT2D eigenvalue weighted by Crippen LogP contribution is 1.88. The van der Waals surface area contributed by atoms with Crippen molar-refractivity contribution >= 4 is 5.97 Å². The molecule has 12 heavy (non-hydrogen) atoms. The number of hydrogen-bond donors (Lipinski definition) is 1. The fourth-order valence-electron chi connectivity index (χ4n) is 0.421.